The van der Waals surface area contributed by atoms with Crippen LogP contribution in [0.15, 0.2) is 28.8 Å². The third-order valence-electron chi connectivity index (χ3n) is 3.58. The number of nitrogens with one attached hydrogen (secondary N) is 3. The van der Waals surface area contributed by atoms with Crippen LogP contribution in [-0.4, -0.2) is 16.2 Å². The Balaban J connectivity index is 1.84. The number of amides is 1. The lowest BCUT2D eigenvalue weighted by atomic mass is 10.1. The molecule has 0 saturated heterocycles. The maximum atomic E-state index is 12.1. The summed E-state index contributed by atoms with van der Waals surface area (Å²) in [5.41, 5.74) is 8.31. The second-order valence-electron chi connectivity index (χ2n) is 5.53. The minimum Gasteiger partial charge on any atom is -0.361 e. The van der Waals surface area contributed by atoms with Crippen molar-refractivity contribution in [3.05, 3.63) is 46.8 Å². The van der Waals surface area contributed by atoms with Gasteiger partial charge in [0.15, 0.2) is 5.11 Å². The summed E-state index contributed by atoms with van der Waals surface area (Å²) >= 11 is 5.18. The molecule has 0 spiro atoms. The SMILES string of the molecule is CCCCc1ccc(NC(=S)NNC(=O)c2c(C)noc2C)cc1. The van der Waals surface area contributed by atoms with Crippen LogP contribution in [0.25, 0.3) is 0 Å². The number of carbonyl (C=O) groups is 1. The second-order valence-corrected chi connectivity index (χ2v) is 5.94. The largest absolute Gasteiger partial charge is 0.361 e. The third kappa shape index (κ3) is 4.79. The standard InChI is InChI=1S/C17H22N4O2S/c1-4-5-6-13-7-9-14(10-8-13)18-17(24)20-19-16(22)15-11(2)21-23-12(15)3/h7-10H,4-6H2,1-3H3,(H,19,22)(H2,18,20,24). The number of rotatable bonds is 5. The van der Waals surface area contributed by atoms with Gasteiger partial charge in [0.2, 0.25) is 0 Å². The Labute approximate surface area is 147 Å². The van der Waals surface area contributed by atoms with Crippen LogP contribution in [-0.2, 0) is 6.42 Å². The van der Waals surface area contributed by atoms with E-state index in [9.17, 15) is 4.79 Å². The van der Waals surface area contributed by atoms with Crippen LogP contribution >= 0.6 is 12.2 Å². The minimum atomic E-state index is -0.342. The van der Waals surface area contributed by atoms with E-state index in [-0.39, 0.29) is 5.91 Å². The van der Waals surface area contributed by atoms with Gasteiger partial charge >= 0.3 is 0 Å². The number of hydrazine groups is 1. The molecule has 2 aromatic rings. The van der Waals surface area contributed by atoms with Gasteiger partial charge < -0.3 is 9.84 Å². The number of aromatic nitrogens is 1. The number of hydrogen-bond donors (Lipinski definition) is 3. The van der Waals surface area contributed by atoms with Gasteiger partial charge in [-0.15, -0.1) is 0 Å². The first kappa shape index (κ1) is 17.9. The van der Waals surface area contributed by atoms with Gasteiger partial charge in [-0.2, -0.15) is 0 Å². The molecule has 0 fully saturated rings. The first-order valence-electron chi connectivity index (χ1n) is 7.90. The molecule has 1 aromatic carbocycles. The Bertz CT molecular complexity index is 690. The number of thiocarbonyl (C=S) groups is 1. The average Bonchev–Trinajstić information content (AvgIpc) is 2.91. The van der Waals surface area contributed by atoms with Gasteiger partial charge in [-0.25, -0.2) is 0 Å². The molecule has 1 heterocycles. The fourth-order valence-electron chi connectivity index (χ4n) is 2.28. The molecular weight excluding hydrogens is 324 g/mol. The van der Waals surface area contributed by atoms with E-state index in [1.54, 1.807) is 13.8 Å². The Kier molecular flexibility index (Phi) is 6.31. The molecule has 3 N–H and O–H groups in total. The molecule has 6 nitrogen and oxygen atoms in total. The number of nitrogens with zero attached hydrogens (tertiary/aromatic N) is 1. The maximum Gasteiger partial charge on any atom is 0.275 e. The number of unbranched alkanes of at least 4 members (excludes halogenated alkanes) is 1. The van der Waals surface area contributed by atoms with E-state index in [0.717, 1.165) is 12.1 Å². The molecule has 0 aliphatic carbocycles. The zero-order valence-corrected chi connectivity index (χ0v) is 14.9. The highest BCUT2D eigenvalue weighted by Crippen LogP contribution is 2.12. The lowest BCUT2D eigenvalue weighted by molar-refractivity contribution is 0.0942. The molecule has 0 aliphatic rings. The number of benzene rings is 1. The Morgan fingerprint density at radius 3 is 2.50 bits per heavy atom. The van der Waals surface area contributed by atoms with Crippen LogP contribution in [0, 0.1) is 13.8 Å². The number of carbonyl (C=O) groups excluding carboxylic acids is 1. The molecule has 0 aliphatic heterocycles. The van der Waals surface area contributed by atoms with E-state index in [4.69, 9.17) is 16.7 Å². The summed E-state index contributed by atoms with van der Waals surface area (Å²) in [7, 11) is 0. The van der Waals surface area contributed by atoms with Crippen molar-refractivity contribution in [2.75, 3.05) is 5.32 Å². The zero-order valence-electron chi connectivity index (χ0n) is 14.1. The lowest BCUT2D eigenvalue weighted by Crippen LogP contribution is -2.44. The first-order chi connectivity index (χ1) is 11.5. The van der Waals surface area contributed by atoms with Crippen LogP contribution in [0.4, 0.5) is 5.69 Å². The number of anilines is 1. The van der Waals surface area contributed by atoms with Crippen molar-refractivity contribution >= 4 is 28.9 Å². The molecular formula is C17H22N4O2S. The Morgan fingerprint density at radius 2 is 1.92 bits per heavy atom. The fraction of sp³-hybridized carbons (Fsp3) is 0.353. The molecule has 1 aromatic heterocycles. The molecule has 128 valence electrons. The highest BCUT2D eigenvalue weighted by molar-refractivity contribution is 7.80. The summed E-state index contributed by atoms with van der Waals surface area (Å²) in [6, 6.07) is 8.08. The summed E-state index contributed by atoms with van der Waals surface area (Å²) in [6.45, 7) is 5.57. The lowest BCUT2D eigenvalue weighted by Gasteiger charge is -2.12. The monoisotopic (exact) mass is 346 g/mol. The summed E-state index contributed by atoms with van der Waals surface area (Å²) in [5.74, 6) is 0.124. The van der Waals surface area contributed by atoms with Crippen LogP contribution in [0.1, 0.15) is 47.1 Å². The smallest absolute Gasteiger partial charge is 0.275 e. The molecule has 1 amide bonds. The second kappa shape index (κ2) is 8.44. The maximum absolute atomic E-state index is 12.1. The molecule has 0 saturated carbocycles. The van der Waals surface area contributed by atoms with Crippen LogP contribution in [0.3, 0.4) is 0 Å². The summed E-state index contributed by atoms with van der Waals surface area (Å²) in [4.78, 5) is 12.1. The highest BCUT2D eigenvalue weighted by Gasteiger charge is 2.17. The summed E-state index contributed by atoms with van der Waals surface area (Å²) in [5, 5.41) is 7.07. The van der Waals surface area contributed by atoms with Gasteiger partial charge in [-0.3, -0.25) is 15.6 Å². The molecule has 24 heavy (non-hydrogen) atoms. The average molecular weight is 346 g/mol. The number of aryl methyl sites for hydroxylation is 3. The van der Waals surface area contributed by atoms with Crippen LogP contribution < -0.4 is 16.2 Å². The van der Waals surface area contributed by atoms with Gasteiger partial charge in [-0.1, -0.05) is 30.6 Å². The van der Waals surface area contributed by atoms with Crippen molar-refractivity contribution in [3.63, 3.8) is 0 Å². The molecule has 0 bridgehead atoms. The zero-order chi connectivity index (χ0) is 17.5. The first-order valence-corrected chi connectivity index (χ1v) is 8.31. The van der Waals surface area contributed by atoms with Crippen molar-refractivity contribution in [1.29, 1.82) is 0 Å². The van der Waals surface area contributed by atoms with Gasteiger partial charge in [0.1, 0.15) is 11.3 Å². The van der Waals surface area contributed by atoms with E-state index in [2.05, 4.69) is 40.4 Å². The molecule has 0 radical (unpaired) electrons. The van der Waals surface area contributed by atoms with Gasteiger partial charge in [0, 0.05) is 5.69 Å². The van der Waals surface area contributed by atoms with E-state index in [1.807, 2.05) is 12.1 Å². The Morgan fingerprint density at radius 1 is 1.21 bits per heavy atom. The predicted octanol–water partition coefficient (Wildman–Crippen LogP) is 3.27. The molecule has 2 rings (SSSR count). The number of hydrogen-bond acceptors (Lipinski definition) is 4. The molecule has 7 heteroatoms. The van der Waals surface area contributed by atoms with Crippen LogP contribution in [0.5, 0.6) is 0 Å². The highest BCUT2D eigenvalue weighted by atomic mass is 32.1. The van der Waals surface area contributed by atoms with Crippen molar-refractivity contribution in [2.45, 2.75) is 40.0 Å². The van der Waals surface area contributed by atoms with Crippen molar-refractivity contribution in [3.8, 4) is 0 Å². The normalized spacial score (nSPS) is 10.3. The summed E-state index contributed by atoms with van der Waals surface area (Å²) in [6.07, 6.45) is 3.44. The van der Waals surface area contributed by atoms with Gasteiger partial charge in [0.25, 0.3) is 5.91 Å². The van der Waals surface area contributed by atoms with Crippen molar-refractivity contribution in [1.82, 2.24) is 16.0 Å². The van der Waals surface area contributed by atoms with E-state index < -0.39 is 0 Å². The van der Waals surface area contributed by atoms with E-state index in [1.165, 1.54) is 18.4 Å². The minimum absolute atomic E-state index is 0.302. The van der Waals surface area contributed by atoms with Crippen molar-refractivity contribution in [2.24, 2.45) is 0 Å². The molecule has 0 atom stereocenters. The summed E-state index contributed by atoms with van der Waals surface area (Å²) < 4.78 is 4.97. The van der Waals surface area contributed by atoms with E-state index >= 15 is 0 Å². The molecule has 0 unspecified atom stereocenters. The van der Waals surface area contributed by atoms with Crippen molar-refractivity contribution < 1.29 is 9.32 Å². The quantitative estimate of drug-likeness (QED) is 0.570. The van der Waals surface area contributed by atoms with Gasteiger partial charge in [-0.05, 0) is 56.6 Å². The third-order valence-corrected chi connectivity index (χ3v) is 3.78. The fourth-order valence-corrected chi connectivity index (χ4v) is 2.45. The van der Waals surface area contributed by atoms with Gasteiger partial charge in [0.05, 0.1) is 5.69 Å². The predicted molar refractivity (Wildman–Crippen MR) is 97.9 cm³/mol. The van der Waals surface area contributed by atoms with Crippen LogP contribution in [0.2, 0.25) is 0 Å². The van der Waals surface area contributed by atoms with E-state index in [0.29, 0.717) is 22.1 Å². The topological polar surface area (TPSA) is 79.2 Å². The Hall–Kier alpha value is -2.41.